The lowest BCUT2D eigenvalue weighted by molar-refractivity contribution is -0.155. The van der Waals surface area contributed by atoms with Crippen LogP contribution >= 0.6 is 0 Å². The molecule has 64 heavy (non-hydrogen) atoms. The summed E-state index contributed by atoms with van der Waals surface area (Å²) in [5, 5.41) is 10.7. The van der Waals surface area contributed by atoms with Gasteiger partial charge in [-0.25, -0.2) is 14.4 Å². The van der Waals surface area contributed by atoms with Crippen LogP contribution in [-0.2, 0) is 59.2 Å². The molecule has 0 aliphatic carbocycles. The zero-order valence-corrected chi connectivity index (χ0v) is 37.0. The summed E-state index contributed by atoms with van der Waals surface area (Å²) in [5.74, 6) is -3.19. The number of hydrogen-bond donors (Lipinski definition) is 4. The van der Waals surface area contributed by atoms with Gasteiger partial charge < -0.3 is 40.4 Å². The Bertz CT molecular complexity index is 2000. The van der Waals surface area contributed by atoms with Crippen LogP contribution in [0, 0.1) is 5.92 Å². The summed E-state index contributed by atoms with van der Waals surface area (Å²) in [4.78, 5) is 82.7. The molecule has 1 unspecified atom stereocenters. The number of esters is 1. The zero-order chi connectivity index (χ0) is 46.9. The molecule has 14 nitrogen and oxygen atoms in total. The van der Waals surface area contributed by atoms with Crippen LogP contribution in [0.25, 0.3) is 0 Å². The number of nitrogens with one attached hydrogen (secondary N) is 4. The molecule has 1 fully saturated rings. The molecular weight excluding hydrogens is 836 g/mol. The van der Waals surface area contributed by atoms with Crippen molar-refractivity contribution in [2.45, 2.75) is 129 Å². The van der Waals surface area contributed by atoms with Crippen LogP contribution < -0.4 is 21.3 Å². The number of ether oxygens (including phenoxy) is 3. The molecule has 4 rings (SSSR count). The van der Waals surface area contributed by atoms with E-state index in [1.165, 1.54) is 17.0 Å². The van der Waals surface area contributed by atoms with Crippen molar-refractivity contribution in [3.8, 4) is 0 Å². The van der Waals surface area contributed by atoms with Crippen LogP contribution in [0.3, 0.4) is 0 Å². The maximum absolute atomic E-state index is 14.4. The number of likely N-dealkylation sites (tertiary alicyclic amines) is 1. The van der Waals surface area contributed by atoms with Crippen molar-refractivity contribution in [1.82, 2.24) is 26.2 Å². The fourth-order valence-corrected chi connectivity index (χ4v) is 6.92. The highest BCUT2D eigenvalue weighted by Gasteiger charge is 2.41. The number of hydrogen-bond acceptors (Lipinski definition) is 9. The maximum Gasteiger partial charge on any atom is 0.416 e. The molecule has 0 saturated carbocycles. The quantitative estimate of drug-likeness (QED) is 0.0528. The molecular formula is C47H60F3N5O9. The Balaban J connectivity index is 1.55. The summed E-state index contributed by atoms with van der Waals surface area (Å²) in [6.45, 7) is 9.08. The van der Waals surface area contributed by atoms with E-state index in [2.05, 4.69) is 21.3 Å². The van der Waals surface area contributed by atoms with Gasteiger partial charge in [-0.3, -0.25) is 14.4 Å². The molecule has 3 aromatic carbocycles. The molecule has 1 aliphatic heterocycles. The number of nitrogens with zero attached hydrogens (tertiary/aromatic N) is 1. The lowest BCUT2D eigenvalue weighted by Crippen LogP contribution is -2.59. The average Bonchev–Trinajstić information content (AvgIpc) is 3.76. The van der Waals surface area contributed by atoms with Gasteiger partial charge in [0.1, 0.15) is 43.0 Å². The highest BCUT2D eigenvalue weighted by atomic mass is 19.4. The van der Waals surface area contributed by atoms with Crippen LogP contribution in [0.1, 0.15) is 95.4 Å². The van der Waals surface area contributed by atoms with E-state index in [1.807, 2.05) is 37.3 Å². The van der Waals surface area contributed by atoms with E-state index in [-0.39, 0.29) is 44.7 Å². The van der Waals surface area contributed by atoms with Gasteiger partial charge in [-0.1, -0.05) is 93.1 Å². The van der Waals surface area contributed by atoms with Gasteiger partial charge in [-0.05, 0) is 87.6 Å². The first-order valence-electron chi connectivity index (χ1n) is 21.6. The number of halogens is 3. The predicted molar refractivity (Wildman–Crippen MR) is 231 cm³/mol. The fraction of sp³-hybridized carbons (Fsp3) is 0.489. The molecule has 5 atom stereocenters. The van der Waals surface area contributed by atoms with Gasteiger partial charge in [0, 0.05) is 19.5 Å². The average molecular weight is 896 g/mol. The first kappa shape index (κ1) is 50.5. The highest BCUT2D eigenvalue weighted by Crippen LogP contribution is 2.29. The van der Waals surface area contributed by atoms with Gasteiger partial charge in [-0.2, -0.15) is 13.2 Å². The highest BCUT2D eigenvalue weighted by molar-refractivity contribution is 5.95. The third-order valence-electron chi connectivity index (χ3n) is 10.6. The largest absolute Gasteiger partial charge is 0.459 e. The summed E-state index contributed by atoms with van der Waals surface area (Å²) in [7, 11) is 0. The van der Waals surface area contributed by atoms with Gasteiger partial charge in [-0.15, -0.1) is 0 Å². The molecule has 1 heterocycles. The van der Waals surface area contributed by atoms with Gasteiger partial charge in [0.25, 0.3) is 0 Å². The number of alkyl carbamates (subject to hydrolysis) is 2. The van der Waals surface area contributed by atoms with E-state index < -0.39 is 83.3 Å². The van der Waals surface area contributed by atoms with Crippen molar-refractivity contribution in [3.63, 3.8) is 0 Å². The predicted octanol–water partition coefficient (Wildman–Crippen LogP) is 6.99. The van der Waals surface area contributed by atoms with Crippen LogP contribution in [0.5, 0.6) is 0 Å². The van der Waals surface area contributed by atoms with Crippen molar-refractivity contribution in [2.75, 3.05) is 13.1 Å². The van der Waals surface area contributed by atoms with Gasteiger partial charge in [0.2, 0.25) is 17.7 Å². The van der Waals surface area contributed by atoms with Crippen molar-refractivity contribution in [1.29, 1.82) is 0 Å². The molecule has 0 spiro atoms. The molecule has 1 saturated heterocycles. The van der Waals surface area contributed by atoms with Gasteiger partial charge in [0.15, 0.2) is 0 Å². The number of unbranched alkanes of at least 4 members (excludes halogenated alkanes) is 1. The Hall–Kier alpha value is -6.13. The molecule has 3 aromatic rings. The normalized spacial score (nSPS) is 15.8. The first-order valence-corrected chi connectivity index (χ1v) is 21.6. The summed E-state index contributed by atoms with van der Waals surface area (Å²) in [5.41, 5.74) is 0.103. The van der Waals surface area contributed by atoms with Crippen molar-refractivity contribution < 1.29 is 56.1 Å². The van der Waals surface area contributed by atoms with Crippen LogP contribution in [0.2, 0.25) is 0 Å². The number of alkyl halides is 3. The lowest BCUT2D eigenvalue weighted by atomic mass is 9.96. The molecule has 348 valence electrons. The van der Waals surface area contributed by atoms with Gasteiger partial charge in [0.05, 0.1) is 5.56 Å². The fourth-order valence-electron chi connectivity index (χ4n) is 6.92. The third kappa shape index (κ3) is 16.5. The van der Waals surface area contributed by atoms with Crippen molar-refractivity contribution in [3.05, 3.63) is 107 Å². The monoisotopic (exact) mass is 895 g/mol. The summed E-state index contributed by atoms with van der Waals surface area (Å²) < 4.78 is 56.7. The van der Waals surface area contributed by atoms with E-state index in [0.29, 0.717) is 37.7 Å². The molecule has 17 heteroatoms. The number of carbonyl (C=O) groups excluding carboxylic acids is 6. The molecule has 0 bridgehead atoms. The number of rotatable bonds is 20. The molecule has 0 radical (unpaired) electrons. The minimum absolute atomic E-state index is 0.0125. The third-order valence-corrected chi connectivity index (χ3v) is 10.6. The smallest absolute Gasteiger partial charge is 0.416 e. The summed E-state index contributed by atoms with van der Waals surface area (Å²) >= 11 is 0. The summed E-state index contributed by atoms with van der Waals surface area (Å²) in [6, 6.07) is 17.2. The van der Waals surface area contributed by atoms with Crippen molar-refractivity contribution >= 4 is 35.9 Å². The molecule has 4 N–H and O–H groups in total. The second-order valence-electron chi connectivity index (χ2n) is 16.8. The number of benzene rings is 3. The van der Waals surface area contributed by atoms with E-state index >= 15 is 0 Å². The van der Waals surface area contributed by atoms with Crippen molar-refractivity contribution in [2.24, 2.45) is 5.92 Å². The van der Waals surface area contributed by atoms with E-state index in [1.54, 1.807) is 58.0 Å². The molecule has 1 aliphatic rings. The van der Waals surface area contributed by atoms with Crippen LogP contribution in [0.4, 0.5) is 22.8 Å². The maximum atomic E-state index is 14.4. The Morgan fingerprint density at radius 2 is 1.33 bits per heavy atom. The standard InChI is InChI=1S/C47H60F3N5O9/c1-6-31(2)39(42(58)55-27-15-21-38(55)43(59)62-29-33-16-9-7-10-17-33)54-41(57)37(28-32-22-24-35(25-23-32)47(48,49)50)52-40(56)36(20-13-14-26-51-44(60)64-46(3,4)5)53-45(61)63-30-34-18-11-8-12-19-34/h7-12,16-19,22-25,31,36-39H,6,13-15,20-21,26-30H2,1-5H3,(H,51,60)(H,52,56)(H,53,61)(H,54,57)/t31?,36-,37+,38+,39-/m0/s1. The Morgan fingerprint density at radius 1 is 0.734 bits per heavy atom. The van der Waals surface area contributed by atoms with Crippen LogP contribution in [-0.4, -0.2) is 83.6 Å². The van der Waals surface area contributed by atoms with E-state index in [4.69, 9.17) is 14.2 Å². The number of amides is 5. The van der Waals surface area contributed by atoms with Crippen LogP contribution in [0.15, 0.2) is 84.9 Å². The minimum atomic E-state index is -4.62. The zero-order valence-electron chi connectivity index (χ0n) is 37.0. The van der Waals surface area contributed by atoms with E-state index in [0.717, 1.165) is 17.7 Å². The topological polar surface area (TPSA) is 181 Å². The lowest BCUT2D eigenvalue weighted by Gasteiger charge is -2.32. The van der Waals surface area contributed by atoms with E-state index in [9.17, 15) is 41.9 Å². The molecule has 0 aromatic heterocycles. The number of carbonyl (C=O) groups is 6. The second kappa shape index (κ2) is 24.1. The Labute approximate surface area is 372 Å². The Morgan fingerprint density at radius 3 is 1.91 bits per heavy atom. The summed E-state index contributed by atoms with van der Waals surface area (Å²) in [6.07, 6.45) is -4.46. The second-order valence-corrected chi connectivity index (χ2v) is 16.8. The molecule has 5 amide bonds. The SMILES string of the molecule is CCC(C)[C@H](NC(=O)[C@@H](Cc1ccc(C(F)(F)F)cc1)NC(=O)[C@H](CCCCNC(=O)OC(C)(C)C)NC(=O)OCc1ccccc1)C(=O)N1CCC[C@@H]1C(=O)OCc1ccccc1. The van der Waals surface area contributed by atoms with Gasteiger partial charge >= 0.3 is 24.3 Å². The Kier molecular flexibility index (Phi) is 19.0. The minimum Gasteiger partial charge on any atom is -0.459 e. The first-order chi connectivity index (χ1) is 30.3.